The first-order valence-corrected chi connectivity index (χ1v) is 5.07. The minimum absolute atomic E-state index is 0.0428. The van der Waals surface area contributed by atoms with Crippen molar-refractivity contribution in [3.05, 3.63) is 23.8 Å². The molecule has 0 aliphatic heterocycles. The molecular weight excluding hydrogens is 212 g/mol. The number of nitrogens with zero attached hydrogens (tertiary/aromatic N) is 1. The lowest BCUT2D eigenvalue weighted by Gasteiger charge is -2.14. The Morgan fingerprint density at radius 1 is 1.38 bits per heavy atom. The third-order valence-corrected chi connectivity index (χ3v) is 2.19. The fourth-order valence-electron chi connectivity index (χ4n) is 1.34. The van der Waals surface area contributed by atoms with Crippen LogP contribution in [0.5, 0.6) is 0 Å². The predicted molar refractivity (Wildman–Crippen MR) is 62.9 cm³/mol. The predicted octanol–water partition coefficient (Wildman–Crippen LogP) is 2.18. The molecule has 16 heavy (non-hydrogen) atoms. The zero-order chi connectivity index (χ0) is 12.1. The Bertz CT molecular complexity index is 340. The van der Waals surface area contributed by atoms with E-state index in [1.807, 2.05) is 19.0 Å². The molecule has 90 valence electrons. The van der Waals surface area contributed by atoms with Crippen molar-refractivity contribution in [3.8, 4) is 0 Å². The van der Waals surface area contributed by atoms with Gasteiger partial charge in [-0.1, -0.05) is 0 Å². The second kappa shape index (κ2) is 5.65. The van der Waals surface area contributed by atoms with Crippen LogP contribution in [0, 0.1) is 0 Å². The molecule has 0 atom stereocenters. The molecule has 1 aromatic carbocycles. The van der Waals surface area contributed by atoms with Crippen LogP contribution in [-0.4, -0.2) is 32.1 Å². The summed E-state index contributed by atoms with van der Waals surface area (Å²) in [5.74, 6) is 0. The van der Waals surface area contributed by atoms with Crippen LogP contribution in [0.3, 0.4) is 0 Å². The maximum Gasteiger partial charge on any atom is 0.265 e. The Hall–Kier alpha value is -1.36. The average molecular weight is 229 g/mol. The van der Waals surface area contributed by atoms with Gasteiger partial charge in [-0.25, -0.2) is 8.78 Å². The molecule has 0 unspecified atom stereocenters. The summed E-state index contributed by atoms with van der Waals surface area (Å²) in [4.78, 5) is 1.98. The van der Waals surface area contributed by atoms with E-state index in [0.29, 0.717) is 17.9 Å². The van der Waals surface area contributed by atoms with E-state index >= 15 is 0 Å². The van der Waals surface area contributed by atoms with Gasteiger partial charge in [-0.3, -0.25) is 0 Å². The molecule has 1 rings (SSSR count). The van der Waals surface area contributed by atoms with Crippen LogP contribution < -0.4 is 11.1 Å². The molecule has 0 radical (unpaired) electrons. The number of benzene rings is 1. The summed E-state index contributed by atoms with van der Waals surface area (Å²) in [5.41, 5.74) is 6.24. The topological polar surface area (TPSA) is 41.3 Å². The summed E-state index contributed by atoms with van der Waals surface area (Å²) in [6.07, 6.45) is -2.51. The molecule has 0 saturated carbocycles. The molecule has 0 spiro atoms. The minimum atomic E-state index is -2.51. The van der Waals surface area contributed by atoms with Crippen LogP contribution in [0.4, 0.5) is 20.2 Å². The van der Waals surface area contributed by atoms with E-state index in [9.17, 15) is 8.78 Å². The van der Waals surface area contributed by atoms with E-state index in [-0.39, 0.29) is 5.56 Å². The van der Waals surface area contributed by atoms with Crippen LogP contribution in [0.15, 0.2) is 18.2 Å². The highest BCUT2D eigenvalue weighted by atomic mass is 19.3. The molecule has 0 heterocycles. The van der Waals surface area contributed by atoms with Gasteiger partial charge in [0.1, 0.15) is 0 Å². The fraction of sp³-hybridized carbons (Fsp3) is 0.455. The van der Waals surface area contributed by atoms with E-state index in [0.717, 1.165) is 6.54 Å². The van der Waals surface area contributed by atoms with Crippen molar-refractivity contribution < 1.29 is 8.78 Å². The average Bonchev–Trinajstić information content (AvgIpc) is 2.19. The normalized spacial score (nSPS) is 11.1. The molecule has 1 aromatic rings. The van der Waals surface area contributed by atoms with Gasteiger partial charge in [0.15, 0.2) is 0 Å². The van der Waals surface area contributed by atoms with Crippen molar-refractivity contribution in [3.63, 3.8) is 0 Å². The maximum absolute atomic E-state index is 12.7. The molecule has 0 aliphatic carbocycles. The summed E-state index contributed by atoms with van der Waals surface area (Å²) in [5, 5.41) is 2.98. The number of anilines is 2. The quantitative estimate of drug-likeness (QED) is 0.760. The SMILES string of the molecule is CN(C)CCNc1ccc(N)cc1C(F)F. The second-order valence-electron chi connectivity index (χ2n) is 3.88. The summed E-state index contributed by atoms with van der Waals surface area (Å²) in [6.45, 7) is 1.41. The van der Waals surface area contributed by atoms with Gasteiger partial charge in [0, 0.05) is 30.0 Å². The lowest BCUT2D eigenvalue weighted by Crippen LogP contribution is -2.21. The number of nitrogens with two attached hydrogens (primary N) is 1. The molecule has 3 nitrogen and oxygen atoms in total. The molecule has 0 aliphatic rings. The van der Waals surface area contributed by atoms with Crippen molar-refractivity contribution in [1.29, 1.82) is 0 Å². The molecule has 0 amide bonds. The Kier molecular flexibility index (Phi) is 4.49. The smallest absolute Gasteiger partial charge is 0.265 e. The second-order valence-corrected chi connectivity index (χ2v) is 3.88. The number of nitrogen functional groups attached to an aromatic ring is 1. The maximum atomic E-state index is 12.7. The van der Waals surface area contributed by atoms with Crippen LogP contribution in [0.25, 0.3) is 0 Å². The van der Waals surface area contributed by atoms with E-state index in [2.05, 4.69) is 5.32 Å². The highest BCUT2D eigenvalue weighted by Gasteiger charge is 2.12. The lowest BCUT2D eigenvalue weighted by molar-refractivity contribution is 0.152. The first kappa shape index (κ1) is 12.7. The fourth-order valence-corrected chi connectivity index (χ4v) is 1.34. The third-order valence-electron chi connectivity index (χ3n) is 2.19. The Balaban J connectivity index is 2.71. The molecule has 0 saturated heterocycles. The number of rotatable bonds is 5. The van der Waals surface area contributed by atoms with Gasteiger partial charge in [-0.2, -0.15) is 0 Å². The van der Waals surface area contributed by atoms with Gasteiger partial charge < -0.3 is 16.0 Å². The van der Waals surface area contributed by atoms with Crippen molar-refractivity contribution in [2.24, 2.45) is 0 Å². The summed E-state index contributed by atoms with van der Waals surface area (Å²) >= 11 is 0. The number of likely N-dealkylation sites (N-methyl/N-ethyl adjacent to an activating group) is 1. The van der Waals surface area contributed by atoms with Crippen molar-refractivity contribution in [2.75, 3.05) is 38.2 Å². The number of hydrogen-bond donors (Lipinski definition) is 2. The number of alkyl halides is 2. The molecule has 5 heteroatoms. The van der Waals surface area contributed by atoms with E-state index in [1.165, 1.54) is 6.07 Å². The highest BCUT2D eigenvalue weighted by molar-refractivity contribution is 5.58. The van der Waals surface area contributed by atoms with E-state index < -0.39 is 6.43 Å². The standard InChI is InChI=1S/C11H17F2N3/c1-16(2)6-5-15-10-4-3-8(14)7-9(10)11(12)13/h3-4,7,11,15H,5-6,14H2,1-2H3. The van der Waals surface area contributed by atoms with Crippen molar-refractivity contribution in [2.45, 2.75) is 6.43 Å². The zero-order valence-corrected chi connectivity index (χ0v) is 9.50. The summed E-state index contributed by atoms with van der Waals surface area (Å²) in [7, 11) is 3.86. The number of nitrogens with one attached hydrogen (secondary N) is 1. The minimum Gasteiger partial charge on any atom is -0.399 e. The molecule has 0 aromatic heterocycles. The van der Waals surface area contributed by atoms with E-state index in [4.69, 9.17) is 5.73 Å². The molecule has 3 N–H and O–H groups in total. The first-order valence-electron chi connectivity index (χ1n) is 5.07. The molecule has 0 bridgehead atoms. The van der Waals surface area contributed by atoms with Crippen molar-refractivity contribution >= 4 is 11.4 Å². The van der Waals surface area contributed by atoms with Crippen LogP contribution in [-0.2, 0) is 0 Å². The number of halogens is 2. The molecule has 0 fully saturated rings. The van der Waals surface area contributed by atoms with Gasteiger partial charge >= 0.3 is 0 Å². The Labute approximate surface area is 94.2 Å². The zero-order valence-electron chi connectivity index (χ0n) is 9.50. The van der Waals surface area contributed by atoms with Crippen LogP contribution in [0.1, 0.15) is 12.0 Å². The Morgan fingerprint density at radius 2 is 2.06 bits per heavy atom. The first-order chi connectivity index (χ1) is 7.50. The largest absolute Gasteiger partial charge is 0.399 e. The lowest BCUT2D eigenvalue weighted by atomic mass is 10.1. The van der Waals surface area contributed by atoms with Gasteiger partial charge in [-0.05, 0) is 32.3 Å². The Morgan fingerprint density at radius 3 is 2.62 bits per heavy atom. The monoisotopic (exact) mass is 229 g/mol. The number of hydrogen-bond acceptors (Lipinski definition) is 3. The molecular formula is C11H17F2N3. The van der Waals surface area contributed by atoms with Crippen molar-refractivity contribution in [1.82, 2.24) is 4.90 Å². The van der Waals surface area contributed by atoms with Gasteiger partial charge in [0.05, 0.1) is 0 Å². The summed E-state index contributed by atoms with van der Waals surface area (Å²) < 4.78 is 25.4. The van der Waals surface area contributed by atoms with Crippen LogP contribution in [0.2, 0.25) is 0 Å². The van der Waals surface area contributed by atoms with Crippen LogP contribution >= 0.6 is 0 Å². The highest BCUT2D eigenvalue weighted by Crippen LogP contribution is 2.28. The third kappa shape index (κ3) is 3.66. The van der Waals surface area contributed by atoms with Gasteiger partial charge in [0.2, 0.25) is 0 Å². The van der Waals surface area contributed by atoms with E-state index in [1.54, 1.807) is 12.1 Å². The van der Waals surface area contributed by atoms with Gasteiger partial charge in [-0.15, -0.1) is 0 Å². The van der Waals surface area contributed by atoms with Gasteiger partial charge in [0.25, 0.3) is 6.43 Å². The summed E-state index contributed by atoms with van der Waals surface area (Å²) in [6, 6.07) is 4.51.